The number of carbonyl (C=O) groups is 2. The topological polar surface area (TPSA) is 76.5 Å². The van der Waals surface area contributed by atoms with Gasteiger partial charge in [0.25, 0.3) is 0 Å². The van der Waals surface area contributed by atoms with Gasteiger partial charge >= 0.3 is 5.97 Å². The van der Waals surface area contributed by atoms with Crippen molar-refractivity contribution in [3.8, 4) is 17.1 Å². The molecule has 1 heterocycles. The van der Waals surface area contributed by atoms with E-state index >= 15 is 0 Å². The quantitative estimate of drug-likeness (QED) is 0.104. The van der Waals surface area contributed by atoms with Gasteiger partial charge in [-0.2, -0.15) is 0 Å². The monoisotopic (exact) mass is 723 g/mol. The lowest BCUT2D eigenvalue weighted by molar-refractivity contribution is 0.0696. The summed E-state index contributed by atoms with van der Waals surface area (Å²) in [7, 11) is 0. The van der Waals surface area contributed by atoms with Crippen LogP contribution in [0.2, 0.25) is 0 Å². The molecule has 1 aromatic heterocycles. The van der Waals surface area contributed by atoms with E-state index in [1.54, 1.807) is 48.5 Å². The molecule has 7 heteroatoms. The van der Waals surface area contributed by atoms with Crippen molar-refractivity contribution < 1.29 is 28.2 Å². The predicted molar refractivity (Wildman–Crippen MR) is 210 cm³/mol. The van der Waals surface area contributed by atoms with E-state index in [1.807, 2.05) is 32.9 Å². The molecule has 2 saturated carbocycles. The molecule has 0 amide bonds. The van der Waals surface area contributed by atoms with E-state index in [4.69, 9.17) is 9.84 Å². The number of hydrogen-bond donors (Lipinski definition) is 1. The zero-order valence-electron chi connectivity index (χ0n) is 32.2. The summed E-state index contributed by atoms with van der Waals surface area (Å²) in [6.45, 7) is 12.5. The number of halogens is 2. The van der Waals surface area contributed by atoms with Crippen LogP contribution in [0.3, 0.4) is 0 Å². The maximum absolute atomic E-state index is 14.6. The summed E-state index contributed by atoms with van der Waals surface area (Å²) < 4.78 is 34.8. The third kappa shape index (κ3) is 12.5. The Kier molecular flexibility index (Phi) is 15.1. The standard InChI is InChI=1S/C28H27F2NO2.C9H10O2.C9H18/c1-3-5-18(2)14-20-10-11-21(15-24(20)29)26-6-4-7-27(31-26)33-17-23-13-12-22(16-25(23)30)28(32)19-8-9-19;1-6-3-4-8(9(10)11)5-7(6)2;1-3-5-6-9(4-2)7-8-9/h4-7,10-13,15-16,19H,3,8-9,14,17H2,1-2H3;3-5H,1-2H3,(H,10,11);3-8H2,1-2H3/b18-5-;;. The van der Waals surface area contributed by atoms with E-state index in [2.05, 4.69) is 31.8 Å². The van der Waals surface area contributed by atoms with Crippen molar-refractivity contribution in [3.05, 3.63) is 129 Å². The van der Waals surface area contributed by atoms with Gasteiger partial charge < -0.3 is 9.84 Å². The molecule has 6 rings (SSSR count). The van der Waals surface area contributed by atoms with E-state index < -0.39 is 11.8 Å². The normalized spacial score (nSPS) is 14.3. The zero-order chi connectivity index (χ0) is 38.5. The third-order valence-electron chi connectivity index (χ3n) is 10.3. The highest BCUT2D eigenvalue weighted by Crippen LogP contribution is 2.52. The summed E-state index contributed by atoms with van der Waals surface area (Å²) in [5.41, 5.74) is 7.09. The Bertz CT molecular complexity index is 1890. The Morgan fingerprint density at radius 2 is 1.58 bits per heavy atom. The molecule has 3 aromatic carbocycles. The Hall–Kier alpha value is -4.65. The fourth-order valence-electron chi connectivity index (χ4n) is 6.16. The molecule has 282 valence electrons. The van der Waals surface area contributed by atoms with Crippen molar-refractivity contribution in [2.75, 3.05) is 0 Å². The second kappa shape index (κ2) is 19.4. The molecule has 2 fully saturated rings. The van der Waals surface area contributed by atoms with Crippen LogP contribution in [0, 0.1) is 36.8 Å². The van der Waals surface area contributed by atoms with Crippen LogP contribution in [0.15, 0.2) is 84.4 Å². The summed E-state index contributed by atoms with van der Waals surface area (Å²) >= 11 is 0. The number of allylic oxidation sites excluding steroid dienone is 2. The second-order valence-corrected chi connectivity index (χ2v) is 14.6. The van der Waals surface area contributed by atoms with E-state index in [9.17, 15) is 18.4 Å². The van der Waals surface area contributed by atoms with Gasteiger partial charge in [0, 0.05) is 28.7 Å². The number of unbranched alkanes of at least 4 members (excludes halogenated alkanes) is 1. The number of aryl methyl sites for hydroxylation is 2. The number of Topliss-reactive ketones (excluding diaryl/α,β-unsaturated/α-hetero) is 1. The van der Waals surface area contributed by atoms with Crippen LogP contribution in [-0.4, -0.2) is 21.8 Å². The highest BCUT2D eigenvalue weighted by atomic mass is 19.1. The molecule has 53 heavy (non-hydrogen) atoms. The van der Waals surface area contributed by atoms with Gasteiger partial charge in [0.15, 0.2) is 5.78 Å². The first kappa shape index (κ1) is 41.1. The van der Waals surface area contributed by atoms with Crippen LogP contribution < -0.4 is 4.74 Å². The average Bonchev–Trinajstić information content (AvgIpc) is 4.09. The molecule has 4 aromatic rings. The van der Waals surface area contributed by atoms with Crippen LogP contribution >= 0.6 is 0 Å². The van der Waals surface area contributed by atoms with E-state index in [0.29, 0.717) is 45.8 Å². The highest BCUT2D eigenvalue weighted by Gasteiger charge is 2.39. The van der Waals surface area contributed by atoms with Crippen molar-refractivity contribution in [1.82, 2.24) is 4.98 Å². The minimum Gasteiger partial charge on any atom is -0.478 e. The second-order valence-electron chi connectivity index (χ2n) is 14.6. The van der Waals surface area contributed by atoms with Gasteiger partial charge in [-0.25, -0.2) is 18.6 Å². The number of pyridine rings is 1. The summed E-state index contributed by atoms with van der Waals surface area (Å²) in [4.78, 5) is 27.0. The smallest absolute Gasteiger partial charge is 0.335 e. The Morgan fingerprint density at radius 3 is 2.17 bits per heavy atom. The van der Waals surface area contributed by atoms with Gasteiger partial charge in [-0.05, 0) is 118 Å². The maximum Gasteiger partial charge on any atom is 0.335 e. The first-order valence-corrected chi connectivity index (χ1v) is 19.1. The van der Waals surface area contributed by atoms with Crippen molar-refractivity contribution in [1.29, 1.82) is 0 Å². The lowest BCUT2D eigenvalue weighted by Gasteiger charge is -2.10. The largest absolute Gasteiger partial charge is 0.478 e. The van der Waals surface area contributed by atoms with E-state index in [1.165, 1.54) is 50.7 Å². The number of aromatic carboxylic acids is 1. The van der Waals surface area contributed by atoms with Crippen LogP contribution in [0.4, 0.5) is 8.78 Å². The van der Waals surface area contributed by atoms with Gasteiger partial charge in [0.05, 0.1) is 11.3 Å². The lowest BCUT2D eigenvalue weighted by Crippen LogP contribution is -2.05. The molecule has 0 bridgehead atoms. The number of aromatic nitrogens is 1. The number of benzene rings is 3. The van der Waals surface area contributed by atoms with Gasteiger partial charge in [-0.3, -0.25) is 4.79 Å². The molecule has 0 atom stereocenters. The number of ketones is 1. The number of carboxylic acid groups (broad SMARTS) is 1. The van der Waals surface area contributed by atoms with E-state index in [-0.39, 0.29) is 24.1 Å². The lowest BCUT2D eigenvalue weighted by atomic mass is 9.97. The van der Waals surface area contributed by atoms with Crippen LogP contribution in [0.25, 0.3) is 11.3 Å². The molecule has 0 unspecified atom stereocenters. The van der Waals surface area contributed by atoms with Crippen molar-refractivity contribution in [2.24, 2.45) is 11.3 Å². The highest BCUT2D eigenvalue weighted by molar-refractivity contribution is 5.99. The number of hydrogen-bond acceptors (Lipinski definition) is 4. The first-order valence-electron chi connectivity index (χ1n) is 19.1. The SMILES string of the molecule is CC/C=C(/C)Cc1ccc(-c2cccc(OCc3ccc(C(=O)C4CC4)cc3F)n2)cc1F.CCCCC1(CC)CC1.Cc1ccc(C(=O)O)cc1C. The van der Waals surface area contributed by atoms with Crippen LogP contribution in [-0.2, 0) is 13.0 Å². The van der Waals surface area contributed by atoms with Crippen molar-refractivity contribution in [2.45, 2.75) is 112 Å². The maximum atomic E-state index is 14.6. The molecule has 0 saturated heterocycles. The fraction of sp³-hybridized carbons (Fsp3) is 0.413. The Labute approximate surface area is 314 Å². The molecule has 5 nitrogen and oxygen atoms in total. The molecule has 2 aliphatic rings. The number of carboxylic acids is 1. The third-order valence-corrected chi connectivity index (χ3v) is 10.3. The van der Waals surface area contributed by atoms with Gasteiger partial charge in [-0.1, -0.05) is 88.1 Å². The number of carbonyl (C=O) groups excluding carboxylic acids is 1. The molecular weight excluding hydrogens is 669 g/mol. The number of nitrogens with zero attached hydrogens (tertiary/aromatic N) is 1. The average molecular weight is 724 g/mol. The first-order chi connectivity index (χ1) is 25.4. The van der Waals surface area contributed by atoms with Crippen molar-refractivity contribution >= 4 is 11.8 Å². The number of ether oxygens (including phenoxy) is 1. The summed E-state index contributed by atoms with van der Waals surface area (Å²) in [5, 5.41) is 8.60. The van der Waals surface area contributed by atoms with Crippen LogP contribution in [0.5, 0.6) is 5.88 Å². The van der Waals surface area contributed by atoms with Crippen LogP contribution in [0.1, 0.15) is 128 Å². The van der Waals surface area contributed by atoms with Crippen molar-refractivity contribution in [3.63, 3.8) is 0 Å². The molecule has 2 aliphatic carbocycles. The molecule has 0 aliphatic heterocycles. The summed E-state index contributed by atoms with van der Waals surface area (Å²) in [6.07, 6.45) is 14.2. The van der Waals surface area contributed by atoms with Gasteiger partial charge in [0.1, 0.15) is 18.2 Å². The fourth-order valence-corrected chi connectivity index (χ4v) is 6.16. The molecule has 0 radical (unpaired) electrons. The minimum absolute atomic E-state index is 0.00512. The minimum atomic E-state index is -0.867. The van der Waals surface area contributed by atoms with Gasteiger partial charge in [-0.15, -0.1) is 0 Å². The van der Waals surface area contributed by atoms with Gasteiger partial charge in [0.2, 0.25) is 5.88 Å². The summed E-state index contributed by atoms with van der Waals surface area (Å²) in [5.74, 6) is -1.24. The molecule has 0 spiro atoms. The molecule has 1 N–H and O–H groups in total. The predicted octanol–water partition coefficient (Wildman–Crippen LogP) is 12.5. The molecular formula is C46H55F2NO4. The number of rotatable bonds is 14. The Morgan fingerprint density at radius 1 is 0.887 bits per heavy atom. The summed E-state index contributed by atoms with van der Waals surface area (Å²) in [6, 6.07) is 20.0. The Balaban J connectivity index is 0.000000254. The zero-order valence-corrected chi connectivity index (χ0v) is 32.2. The van der Waals surface area contributed by atoms with E-state index in [0.717, 1.165) is 41.4 Å².